The molecule has 1 atom stereocenters. The van der Waals surface area contributed by atoms with Crippen molar-refractivity contribution in [2.45, 2.75) is 13.0 Å². The molecular formula is C18H16N2O3. The summed E-state index contributed by atoms with van der Waals surface area (Å²) in [7, 11) is 0. The van der Waals surface area contributed by atoms with E-state index in [9.17, 15) is 15.1 Å². The molecule has 0 fully saturated rings. The molecule has 0 unspecified atom stereocenters. The van der Waals surface area contributed by atoms with Gasteiger partial charge in [-0.05, 0) is 6.92 Å². The topological polar surface area (TPSA) is 69.2 Å². The van der Waals surface area contributed by atoms with Crippen molar-refractivity contribution in [3.05, 3.63) is 72.2 Å². The first-order valence-corrected chi connectivity index (χ1v) is 7.27. The summed E-state index contributed by atoms with van der Waals surface area (Å²) in [5.74, 6) is -0.989. The standard InChI is InChI=1S/C18H16N2O3/c1-13(18(21)22)19-12-20(23)17(15-10-6-3-7-11-15)16(19)14-8-4-2-5-9-14/h2-13H,1H3,(H,21,22)/t13-/m1/s1. The highest BCUT2D eigenvalue weighted by Gasteiger charge is 2.29. The molecule has 116 valence electrons. The summed E-state index contributed by atoms with van der Waals surface area (Å²) in [6.45, 7) is 1.56. The number of hydrogen-bond donors (Lipinski definition) is 1. The van der Waals surface area contributed by atoms with Gasteiger partial charge in [-0.1, -0.05) is 60.7 Å². The monoisotopic (exact) mass is 308 g/mol. The molecule has 0 bridgehead atoms. The number of aromatic nitrogens is 2. The fourth-order valence-electron chi connectivity index (χ4n) is 2.61. The van der Waals surface area contributed by atoms with Crippen LogP contribution in [0.25, 0.3) is 22.5 Å². The van der Waals surface area contributed by atoms with Gasteiger partial charge in [-0.2, -0.15) is 0 Å². The van der Waals surface area contributed by atoms with Gasteiger partial charge in [-0.25, -0.2) is 14.1 Å². The van der Waals surface area contributed by atoms with E-state index < -0.39 is 12.0 Å². The Labute approximate surface area is 133 Å². The van der Waals surface area contributed by atoms with Crippen LogP contribution in [0, 0.1) is 5.21 Å². The second kappa shape index (κ2) is 5.96. The second-order valence-corrected chi connectivity index (χ2v) is 5.29. The summed E-state index contributed by atoms with van der Waals surface area (Å²) >= 11 is 0. The number of carbonyl (C=O) groups is 1. The lowest BCUT2D eigenvalue weighted by atomic mass is 10.0. The Balaban J connectivity index is 2.30. The lowest BCUT2D eigenvalue weighted by Gasteiger charge is -2.08. The van der Waals surface area contributed by atoms with Crippen LogP contribution < -0.4 is 4.73 Å². The minimum atomic E-state index is -0.989. The molecule has 23 heavy (non-hydrogen) atoms. The van der Waals surface area contributed by atoms with Crippen LogP contribution in [-0.4, -0.2) is 15.6 Å². The third-order valence-electron chi connectivity index (χ3n) is 3.80. The smallest absolute Gasteiger partial charge is 0.349 e. The molecule has 2 aromatic carbocycles. The summed E-state index contributed by atoms with van der Waals surface area (Å²) in [5.41, 5.74) is 2.60. The number of hydrogen-bond acceptors (Lipinski definition) is 2. The molecule has 1 N–H and O–H groups in total. The van der Waals surface area contributed by atoms with E-state index in [0.717, 1.165) is 15.9 Å². The van der Waals surface area contributed by atoms with Crippen LogP contribution in [0.1, 0.15) is 13.0 Å². The van der Waals surface area contributed by atoms with Crippen LogP contribution in [0.4, 0.5) is 0 Å². The normalized spacial score (nSPS) is 12.0. The maximum Gasteiger partial charge on any atom is 0.349 e. The third-order valence-corrected chi connectivity index (χ3v) is 3.80. The van der Waals surface area contributed by atoms with Crippen LogP contribution >= 0.6 is 0 Å². The number of benzene rings is 2. The van der Waals surface area contributed by atoms with Crippen LogP contribution in [0.3, 0.4) is 0 Å². The van der Waals surface area contributed by atoms with E-state index in [4.69, 9.17) is 0 Å². The summed E-state index contributed by atoms with van der Waals surface area (Å²) in [5, 5.41) is 21.8. The van der Waals surface area contributed by atoms with Crippen molar-refractivity contribution in [3.63, 3.8) is 0 Å². The van der Waals surface area contributed by atoms with Crippen molar-refractivity contribution in [2.75, 3.05) is 0 Å². The maximum atomic E-state index is 12.5. The Kier molecular flexibility index (Phi) is 3.85. The first kappa shape index (κ1) is 14.8. The number of carboxylic acid groups (broad SMARTS) is 1. The lowest BCUT2D eigenvalue weighted by Crippen LogP contribution is -2.26. The second-order valence-electron chi connectivity index (χ2n) is 5.29. The average molecular weight is 308 g/mol. The van der Waals surface area contributed by atoms with Gasteiger partial charge in [-0.3, -0.25) is 0 Å². The molecule has 0 aliphatic carbocycles. The number of imidazole rings is 1. The van der Waals surface area contributed by atoms with E-state index in [2.05, 4.69) is 0 Å². The van der Waals surface area contributed by atoms with Gasteiger partial charge in [0.2, 0.25) is 6.33 Å². The van der Waals surface area contributed by atoms with Crippen molar-refractivity contribution in [2.24, 2.45) is 0 Å². The van der Waals surface area contributed by atoms with E-state index >= 15 is 0 Å². The van der Waals surface area contributed by atoms with Gasteiger partial charge in [0.25, 0.3) is 0 Å². The van der Waals surface area contributed by atoms with Crippen molar-refractivity contribution in [1.82, 2.24) is 4.57 Å². The Hall–Kier alpha value is -3.08. The van der Waals surface area contributed by atoms with Crippen LogP contribution in [0.15, 0.2) is 67.0 Å². The van der Waals surface area contributed by atoms with Crippen LogP contribution in [-0.2, 0) is 4.79 Å². The molecule has 0 aliphatic rings. The fraction of sp³-hybridized carbons (Fsp3) is 0.111. The highest BCUT2D eigenvalue weighted by molar-refractivity contribution is 5.79. The Bertz CT molecular complexity index is 826. The predicted octanol–water partition coefficient (Wildman–Crippen LogP) is 3.10. The van der Waals surface area contributed by atoms with Gasteiger partial charge < -0.3 is 10.3 Å². The van der Waals surface area contributed by atoms with Crippen LogP contribution in [0.5, 0.6) is 0 Å². The molecule has 0 radical (unpaired) electrons. The van der Waals surface area contributed by atoms with E-state index in [1.165, 1.54) is 10.9 Å². The summed E-state index contributed by atoms with van der Waals surface area (Å²) in [6.07, 6.45) is 1.30. The lowest BCUT2D eigenvalue weighted by molar-refractivity contribution is -0.593. The predicted molar refractivity (Wildman–Crippen MR) is 86.6 cm³/mol. The number of carboxylic acids is 1. The highest BCUT2D eigenvalue weighted by Crippen LogP contribution is 2.32. The fourth-order valence-corrected chi connectivity index (χ4v) is 2.61. The molecule has 5 heteroatoms. The minimum absolute atomic E-state index is 0.449. The average Bonchev–Trinajstić information content (AvgIpc) is 2.92. The molecule has 1 aromatic heterocycles. The largest absolute Gasteiger partial charge is 0.710 e. The first-order valence-electron chi connectivity index (χ1n) is 7.27. The quantitative estimate of drug-likeness (QED) is 0.595. The Morgan fingerprint density at radius 3 is 2.09 bits per heavy atom. The van der Waals surface area contributed by atoms with Gasteiger partial charge in [0.05, 0.1) is 0 Å². The Morgan fingerprint density at radius 1 is 1.04 bits per heavy atom. The summed E-state index contributed by atoms with van der Waals surface area (Å²) < 4.78 is 2.24. The molecule has 5 nitrogen and oxygen atoms in total. The van der Waals surface area contributed by atoms with Crippen LogP contribution in [0.2, 0.25) is 0 Å². The number of rotatable bonds is 4. The molecule has 1 heterocycles. The molecule has 0 saturated carbocycles. The molecule has 0 spiro atoms. The molecule has 0 amide bonds. The zero-order chi connectivity index (χ0) is 16.4. The first-order chi connectivity index (χ1) is 11.1. The van der Waals surface area contributed by atoms with Gasteiger partial charge in [0.1, 0.15) is 0 Å². The van der Waals surface area contributed by atoms with Crippen molar-refractivity contribution < 1.29 is 14.6 Å². The molecule has 3 aromatic rings. The molecular weight excluding hydrogens is 292 g/mol. The van der Waals surface area contributed by atoms with Gasteiger partial charge in [-0.15, -0.1) is 0 Å². The molecule has 0 saturated heterocycles. The molecule has 0 aliphatic heterocycles. The third kappa shape index (κ3) is 2.68. The highest BCUT2D eigenvalue weighted by atomic mass is 16.5. The van der Waals surface area contributed by atoms with Gasteiger partial charge >= 0.3 is 5.97 Å². The maximum absolute atomic E-state index is 12.5. The minimum Gasteiger partial charge on any atom is -0.710 e. The summed E-state index contributed by atoms with van der Waals surface area (Å²) in [4.78, 5) is 11.4. The SMILES string of the molecule is C[C@H](C(=O)O)n1c[n+]([O-])c(-c2ccccc2)c1-c1ccccc1. The van der Waals surface area contributed by atoms with Gasteiger partial charge in [0.15, 0.2) is 17.4 Å². The Morgan fingerprint density at radius 2 is 1.57 bits per heavy atom. The molecule has 3 rings (SSSR count). The zero-order valence-electron chi connectivity index (χ0n) is 12.6. The van der Waals surface area contributed by atoms with E-state index in [-0.39, 0.29) is 0 Å². The van der Waals surface area contributed by atoms with E-state index in [1.54, 1.807) is 6.92 Å². The zero-order valence-corrected chi connectivity index (χ0v) is 12.6. The van der Waals surface area contributed by atoms with Gasteiger partial charge in [0, 0.05) is 11.1 Å². The van der Waals surface area contributed by atoms with Crippen molar-refractivity contribution in [1.29, 1.82) is 0 Å². The van der Waals surface area contributed by atoms with E-state index in [1.807, 2.05) is 60.7 Å². The summed E-state index contributed by atoms with van der Waals surface area (Å²) in [6, 6.07) is 17.7. The van der Waals surface area contributed by atoms with Crippen molar-refractivity contribution >= 4 is 5.97 Å². The van der Waals surface area contributed by atoms with E-state index in [0.29, 0.717) is 11.4 Å². The number of nitrogens with zero attached hydrogens (tertiary/aromatic N) is 2. The number of aliphatic carboxylic acids is 1. The van der Waals surface area contributed by atoms with Crippen molar-refractivity contribution in [3.8, 4) is 22.5 Å².